The van der Waals surface area contributed by atoms with Crippen molar-refractivity contribution in [3.05, 3.63) is 12.7 Å². The van der Waals surface area contributed by atoms with Crippen LogP contribution in [0.5, 0.6) is 0 Å². The number of halogens is 1. The first kappa shape index (κ1) is 23.9. The maximum absolute atomic E-state index is 10.4. The summed E-state index contributed by atoms with van der Waals surface area (Å²) in [6.45, 7) is -0.936. The summed E-state index contributed by atoms with van der Waals surface area (Å²) in [6, 6.07) is 0. The van der Waals surface area contributed by atoms with E-state index >= 15 is 0 Å². The second-order valence-corrected chi connectivity index (χ2v) is 7.16. The Labute approximate surface area is 181 Å². The van der Waals surface area contributed by atoms with Gasteiger partial charge in [0.05, 0.1) is 19.5 Å². The van der Waals surface area contributed by atoms with Gasteiger partial charge in [-0.3, -0.25) is 4.57 Å². The molecule has 2 aliphatic rings. The Kier molecular flexibility index (Phi) is 7.27. The van der Waals surface area contributed by atoms with Gasteiger partial charge in [0, 0.05) is 0 Å². The van der Waals surface area contributed by atoms with Gasteiger partial charge in [-0.1, -0.05) is 0 Å². The van der Waals surface area contributed by atoms with E-state index in [1.807, 2.05) is 0 Å². The molecule has 174 valence electrons. The largest absolute Gasteiger partial charge is 0.394 e. The molecule has 0 unspecified atom stereocenters. The van der Waals surface area contributed by atoms with E-state index in [4.69, 9.17) is 19.9 Å². The number of aromatic nitrogens is 4. The zero-order valence-electron chi connectivity index (χ0n) is 15.9. The third-order valence-corrected chi connectivity index (χ3v) is 5.27. The van der Waals surface area contributed by atoms with Gasteiger partial charge in [0.2, 0.25) is 0 Å². The molecule has 0 aromatic carbocycles. The fourth-order valence-electron chi connectivity index (χ4n) is 3.55. The third kappa shape index (κ3) is 4.19. The standard InChI is InChI=1S/C16H23N5O9.ClH/c17-13-7-14(19-3-18-13)21(4-20-7)15-11(26)9(24)6(29-15)2-28-16-12(27)10(25)8(23)5(1-22)30-16;/h3-6,8-12,15-16,22-27H,1-2H2,(H2,17,18,19);1H/t5-,6-,8-,9-,10+,11-,12-,15-,16+;/m1./s1. The smallest absolute Gasteiger partial charge is 0.186 e. The number of rotatable bonds is 5. The SMILES string of the molecule is Cl.Nc1ncnc2c1ncn2[C@@H]1O[C@H](CO[C@H]2O[C@H](CO)[C@@H](O)[C@H](O)[C@H]2O)[C@@H](O)[C@H]1O. The molecule has 0 aliphatic carbocycles. The van der Waals surface area contributed by atoms with Crippen molar-refractivity contribution in [1.82, 2.24) is 19.5 Å². The average Bonchev–Trinajstić information content (AvgIpc) is 3.28. The van der Waals surface area contributed by atoms with Gasteiger partial charge in [-0.2, -0.15) is 0 Å². The second kappa shape index (κ2) is 9.41. The number of hydrogen-bond donors (Lipinski definition) is 7. The minimum absolute atomic E-state index is 0. The molecule has 0 saturated carbocycles. The first-order valence-electron chi connectivity index (χ1n) is 9.20. The summed E-state index contributed by atoms with van der Waals surface area (Å²) in [4.78, 5) is 12.0. The first-order valence-corrected chi connectivity index (χ1v) is 9.20. The quantitative estimate of drug-likeness (QED) is 0.226. The average molecular weight is 466 g/mol. The van der Waals surface area contributed by atoms with Crippen LogP contribution in [0.3, 0.4) is 0 Å². The summed E-state index contributed by atoms with van der Waals surface area (Å²) >= 11 is 0. The van der Waals surface area contributed by atoms with Crippen molar-refractivity contribution >= 4 is 29.4 Å². The highest BCUT2D eigenvalue weighted by Gasteiger charge is 2.47. The predicted octanol–water partition coefficient (Wildman–Crippen LogP) is -3.73. The maximum Gasteiger partial charge on any atom is 0.186 e. The van der Waals surface area contributed by atoms with Gasteiger partial charge in [-0.15, -0.1) is 12.4 Å². The molecule has 31 heavy (non-hydrogen) atoms. The summed E-state index contributed by atoms with van der Waals surface area (Å²) in [7, 11) is 0. The maximum atomic E-state index is 10.4. The Hall–Kier alpha value is -1.72. The van der Waals surface area contributed by atoms with E-state index in [0.717, 1.165) is 0 Å². The van der Waals surface area contributed by atoms with Gasteiger partial charge in [-0.05, 0) is 0 Å². The number of ether oxygens (including phenoxy) is 3. The van der Waals surface area contributed by atoms with Crippen molar-refractivity contribution < 1.29 is 44.8 Å². The molecule has 0 spiro atoms. The Morgan fingerprint density at radius 3 is 2.35 bits per heavy atom. The highest BCUT2D eigenvalue weighted by atomic mass is 35.5. The lowest BCUT2D eigenvalue weighted by atomic mass is 9.99. The van der Waals surface area contributed by atoms with Crippen LogP contribution >= 0.6 is 12.4 Å². The number of nitrogens with two attached hydrogens (primary N) is 1. The van der Waals surface area contributed by atoms with Crippen molar-refractivity contribution in [2.75, 3.05) is 18.9 Å². The summed E-state index contributed by atoms with van der Waals surface area (Å²) in [5.41, 5.74) is 6.36. The summed E-state index contributed by atoms with van der Waals surface area (Å²) < 4.78 is 17.7. The van der Waals surface area contributed by atoms with Crippen LogP contribution in [0.15, 0.2) is 12.7 Å². The minimum Gasteiger partial charge on any atom is -0.394 e. The molecular weight excluding hydrogens is 442 g/mol. The molecule has 9 atom stereocenters. The van der Waals surface area contributed by atoms with E-state index in [1.54, 1.807) is 0 Å². The molecule has 2 aliphatic heterocycles. The highest BCUT2D eigenvalue weighted by molar-refractivity contribution is 5.85. The molecule has 4 rings (SSSR count). The van der Waals surface area contributed by atoms with E-state index in [2.05, 4.69) is 15.0 Å². The third-order valence-electron chi connectivity index (χ3n) is 5.27. The van der Waals surface area contributed by atoms with Gasteiger partial charge in [0.1, 0.15) is 54.6 Å². The molecule has 2 aromatic heterocycles. The molecular formula is C16H24ClN5O9. The number of anilines is 1. The van der Waals surface area contributed by atoms with Crippen LogP contribution in [-0.4, -0.2) is 112 Å². The van der Waals surface area contributed by atoms with Crippen LogP contribution in [-0.2, 0) is 14.2 Å². The summed E-state index contributed by atoms with van der Waals surface area (Å²) in [6.07, 6.45) is -9.48. The Bertz CT molecular complexity index is 888. The minimum atomic E-state index is -1.60. The lowest BCUT2D eigenvalue weighted by molar-refractivity contribution is -0.306. The van der Waals surface area contributed by atoms with Gasteiger partial charge < -0.3 is 50.6 Å². The molecule has 8 N–H and O–H groups in total. The first-order chi connectivity index (χ1) is 14.3. The van der Waals surface area contributed by atoms with Gasteiger partial charge in [-0.25, -0.2) is 15.0 Å². The molecule has 2 saturated heterocycles. The van der Waals surface area contributed by atoms with Crippen molar-refractivity contribution in [1.29, 1.82) is 0 Å². The number of imidazole rings is 1. The Balaban J connectivity index is 0.00000272. The lowest BCUT2D eigenvalue weighted by Gasteiger charge is -2.39. The molecule has 15 heteroatoms. The van der Waals surface area contributed by atoms with E-state index in [-0.39, 0.29) is 24.8 Å². The number of aliphatic hydroxyl groups excluding tert-OH is 6. The molecule has 0 amide bonds. The van der Waals surface area contributed by atoms with Crippen molar-refractivity contribution in [2.45, 2.75) is 55.2 Å². The predicted molar refractivity (Wildman–Crippen MR) is 103 cm³/mol. The summed E-state index contributed by atoms with van der Waals surface area (Å²) in [5.74, 6) is 0.147. The molecule has 0 bridgehead atoms. The normalized spacial score (nSPS) is 38.3. The lowest BCUT2D eigenvalue weighted by Crippen LogP contribution is -2.59. The van der Waals surface area contributed by atoms with Crippen LogP contribution < -0.4 is 5.73 Å². The van der Waals surface area contributed by atoms with E-state index < -0.39 is 61.9 Å². The van der Waals surface area contributed by atoms with E-state index in [9.17, 15) is 30.6 Å². The van der Waals surface area contributed by atoms with Crippen LogP contribution in [0.1, 0.15) is 6.23 Å². The molecule has 0 radical (unpaired) electrons. The number of hydrogen-bond acceptors (Lipinski definition) is 13. The number of nitrogens with zero attached hydrogens (tertiary/aromatic N) is 4. The van der Waals surface area contributed by atoms with Gasteiger partial charge >= 0.3 is 0 Å². The highest BCUT2D eigenvalue weighted by Crippen LogP contribution is 2.32. The van der Waals surface area contributed by atoms with Crippen LogP contribution in [0.25, 0.3) is 11.2 Å². The molecule has 4 heterocycles. The fraction of sp³-hybridized carbons (Fsp3) is 0.688. The zero-order chi connectivity index (χ0) is 21.6. The number of aliphatic hydroxyl groups is 6. The monoisotopic (exact) mass is 465 g/mol. The molecule has 2 fully saturated rings. The fourth-order valence-corrected chi connectivity index (χ4v) is 3.55. The van der Waals surface area contributed by atoms with E-state index in [0.29, 0.717) is 11.2 Å². The Morgan fingerprint density at radius 2 is 1.65 bits per heavy atom. The van der Waals surface area contributed by atoms with Crippen LogP contribution in [0.4, 0.5) is 5.82 Å². The molecule has 14 nitrogen and oxygen atoms in total. The van der Waals surface area contributed by atoms with Crippen LogP contribution in [0, 0.1) is 0 Å². The zero-order valence-corrected chi connectivity index (χ0v) is 16.8. The van der Waals surface area contributed by atoms with E-state index in [1.165, 1.54) is 17.2 Å². The number of fused-ring (bicyclic) bond motifs is 1. The topological polar surface area (TPSA) is 219 Å². The van der Waals surface area contributed by atoms with Gasteiger partial charge in [0.25, 0.3) is 0 Å². The number of nitrogen functional groups attached to an aromatic ring is 1. The second-order valence-electron chi connectivity index (χ2n) is 7.16. The van der Waals surface area contributed by atoms with Crippen molar-refractivity contribution in [3.63, 3.8) is 0 Å². The molecule has 2 aromatic rings. The van der Waals surface area contributed by atoms with Crippen LogP contribution in [0.2, 0.25) is 0 Å². The van der Waals surface area contributed by atoms with Crippen molar-refractivity contribution in [3.8, 4) is 0 Å². The van der Waals surface area contributed by atoms with Crippen molar-refractivity contribution in [2.24, 2.45) is 0 Å². The Morgan fingerprint density at radius 1 is 0.935 bits per heavy atom. The van der Waals surface area contributed by atoms with Gasteiger partial charge in [0.15, 0.2) is 24.0 Å². The summed E-state index contributed by atoms with van der Waals surface area (Å²) in [5, 5.41) is 59.7.